The predicted octanol–water partition coefficient (Wildman–Crippen LogP) is 3.20. The first-order valence-electron chi connectivity index (χ1n) is 5.43. The lowest BCUT2D eigenvalue weighted by Crippen LogP contribution is -2.45. The van der Waals surface area contributed by atoms with Gasteiger partial charge in [0.15, 0.2) is 0 Å². The summed E-state index contributed by atoms with van der Waals surface area (Å²) in [6.07, 6.45) is 3.65. The molecule has 0 spiro atoms. The predicted molar refractivity (Wildman–Crippen MR) is 65.4 cm³/mol. The van der Waals surface area contributed by atoms with E-state index in [1.54, 1.807) is 0 Å². The Bertz CT molecular complexity index is 145. The monoisotopic (exact) mass is 203 g/mol. The summed E-state index contributed by atoms with van der Waals surface area (Å²) in [7, 11) is 2.99. The Morgan fingerprint density at radius 2 is 1.62 bits per heavy atom. The van der Waals surface area contributed by atoms with E-state index in [0.29, 0.717) is 10.7 Å². The summed E-state index contributed by atoms with van der Waals surface area (Å²) in [6.45, 7) is 12.4. The highest BCUT2D eigenvalue weighted by molar-refractivity contribution is 7.18. The molecule has 13 heavy (non-hydrogen) atoms. The molecular formula is C11H26NP. The topological polar surface area (TPSA) is 12.0 Å². The van der Waals surface area contributed by atoms with Crippen molar-refractivity contribution in [3.05, 3.63) is 0 Å². The average Bonchev–Trinajstić information content (AvgIpc) is 2.04. The molecule has 0 radical (unpaired) electrons. The zero-order valence-electron chi connectivity index (χ0n) is 9.91. The van der Waals surface area contributed by atoms with Crippen LogP contribution in [0.3, 0.4) is 0 Å². The largest absolute Gasteiger partial charge is 0.312 e. The van der Waals surface area contributed by atoms with Gasteiger partial charge in [0.1, 0.15) is 0 Å². The minimum absolute atomic E-state index is 0.307. The van der Waals surface area contributed by atoms with Crippen LogP contribution in [0.2, 0.25) is 0 Å². The SMILES string of the molecule is CCNC(C)(CC)CC(C)(P)CC. The highest BCUT2D eigenvalue weighted by Gasteiger charge is 2.29. The third-order valence-electron chi connectivity index (χ3n) is 2.99. The molecule has 1 N–H and O–H groups in total. The second-order valence-electron chi connectivity index (χ2n) is 4.63. The fourth-order valence-corrected chi connectivity index (χ4v) is 2.21. The van der Waals surface area contributed by atoms with Crippen molar-refractivity contribution in [3.63, 3.8) is 0 Å². The number of hydrogen-bond acceptors (Lipinski definition) is 1. The third-order valence-corrected chi connectivity index (χ3v) is 3.60. The van der Waals surface area contributed by atoms with Crippen molar-refractivity contribution in [2.45, 2.75) is 64.6 Å². The van der Waals surface area contributed by atoms with E-state index in [-0.39, 0.29) is 0 Å². The molecule has 0 amide bonds. The maximum absolute atomic E-state index is 3.59. The zero-order valence-corrected chi connectivity index (χ0v) is 11.1. The van der Waals surface area contributed by atoms with Gasteiger partial charge in [-0.1, -0.05) is 27.7 Å². The van der Waals surface area contributed by atoms with Crippen LogP contribution in [0.5, 0.6) is 0 Å². The summed E-state index contributed by atoms with van der Waals surface area (Å²) >= 11 is 0. The molecule has 0 fully saturated rings. The van der Waals surface area contributed by atoms with Crippen LogP contribution in [0.15, 0.2) is 0 Å². The molecule has 2 heteroatoms. The minimum Gasteiger partial charge on any atom is -0.312 e. The van der Waals surface area contributed by atoms with Crippen LogP contribution in [-0.2, 0) is 0 Å². The summed E-state index contributed by atoms with van der Waals surface area (Å²) in [5.41, 5.74) is 0.307. The van der Waals surface area contributed by atoms with E-state index in [2.05, 4.69) is 49.2 Å². The summed E-state index contributed by atoms with van der Waals surface area (Å²) < 4.78 is 0. The average molecular weight is 203 g/mol. The molecule has 0 saturated heterocycles. The maximum atomic E-state index is 3.59. The van der Waals surface area contributed by atoms with Crippen LogP contribution in [0, 0.1) is 0 Å². The molecule has 0 aromatic carbocycles. The van der Waals surface area contributed by atoms with Gasteiger partial charge in [-0.3, -0.25) is 0 Å². The molecule has 80 valence electrons. The Hall–Kier alpha value is 0.390. The Balaban J connectivity index is 4.25. The first-order valence-corrected chi connectivity index (χ1v) is 6.01. The van der Waals surface area contributed by atoms with Crippen molar-refractivity contribution >= 4 is 9.24 Å². The number of rotatable bonds is 6. The first-order chi connectivity index (χ1) is 5.89. The van der Waals surface area contributed by atoms with Crippen LogP contribution in [-0.4, -0.2) is 17.2 Å². The fourth-order valence-electron chi connectivity index (χ4n) is 1.76. The zero-order chi connectivity index (χ0) is 10.5. The van der Waals surface area contributed by atoms with E-state index in [1.165, 1.54) is 19.3 Å². The van der Waals surface area contributed by atoms with Gasteiger partial charge < -0.3 is 5.32 Å². The van der Waals surface area contributed by atoms with Crippen LogP contribution >= 0.6 is 9.24 Å². The molecule has 0 aromatic heterocycles. The summed E-state index contributed by atoms with van der Waals surface area (Å²) in [4.78, 5) is 0. The van der Waals surface area contributed by atoms with E-state index >= 15 is 0 Å². The van der Waals surface area contributed by atoms with Crippen molar-refractivity contribution in [3.8, 4) is 0 Å². The van der Waals surface area contributed by atoms with Crippen LogP contribution in [0.1, 0.15) is 53.9 Å². The van der Waals surface area contributed by atoms with Gasteiger partial charge in [-0.25, -0.2) is 0 Å². The van der Waals surface area contributed by atoms with E-state index in [0.717, 1.165) is 6.54 Å². The molecular weight excluding hydrogens is 177 g/mol. The fraction of sp³-hybridized carbons (Fsp3) is 1.00. The highest BCUT2D eigenvalue weighted by atomic mass is 31.0. The molecule has 0 saturated carbocycles. The molecule has 0 bridgehead atoms. The highest BCUT2D eigenvalue weighted by Crippen LogP contribution is 2.33. The molecule has 0 aromatic rings. The summed E-state index contributed by atoms with van der Waals surface area (Å²) in [5.74, 6) is 0. The number of nitrogens with one attached hydrogen (secondary N) is 1. The van der Waals surface area contributed by atoms with Gasteiger partial charge in [-0.2, -0.15) is 0 Å². The first kappa shape index (κ1) is 13.4. The molecule has 1 nitrogen and oxygen atoms in total. The van der Waals surface area contributed by atoms with Crippen LogP contribution in [0.4, 0.5) is 0 Å². The lowest BCUT2D eigenvalue weighted by Gasteiger charge is -2.37. The Labute approximate surface area is 86.3 Å². The van der Waals surface area contributed by atoms with Gasteiger partial charge in [-0.05, 0) is 37.9 Å². The van der Waals surface area contributed by atoms with Crippen LogP contribution in [0.25, 0.3) is 0 Å². The van der Waals surface area contributed by atoms with E-state index in [1.807, 2.05) is 0 Å². The lowest BCUT2D eigenvalue weighted by molar-refractivity contribution is 0.291. The quantitative estimate of drug-likeness (QED) is 0.654. The smallest absolute Gasteiger partial charge is 0.0159 e. The van der Waals surface area contributed by atoms with Crippen molar-refractivity contribution in [2.24, 2.45) is 0 Å². The third kappa shape index (κ3) is 4.98. The minimum atomic E-state index is 0.307. The maximum Gasteiger partial charge on any atom is 0.0159 e. The van der Waals surface area contributed by atoms with Crippen molar-refractivity contribution in [1.82, 2.24) is 5.32 Å². The van der Waals surface area contributed by atoms with Gasteiger partial charge >= 0.3 is 0 Å². The lowest BCUT2D eigenvalue weighted by atomic mass is 9.85. The molecule has 0 heterocycles. The van der Waals surface area contributed by atoms with Gasteiger partial charge in [0, 0.05) is 5.54 Å². The van der Waals surface area contributed by atoms with Gasteiger partial charge in [0.25, 0.3) is 0 Å². The molecule has 0 rings (SSSR count). The second kappa shape index (κ2) is 5.32. The summed E-state index contributed by atoms with van der Waals surface area (Å²) in [6, 6.07) is 0. The summed E-state index contributed by atoms with van der Waals surface area (Å²) in [5, 5.41) is 3.97. The van der Waals surface area contributed by atoms with Crippen molar-refractivity contribution in [2.75, 3.05) is 6.54 Å². The van der Waals surface area contributed by atoms with Crippen LogP contribution < -0.4 is 5.32 Å². The van der Waals surface area contributed by atoms with Gasteiger partial charge in [0.2, 0.25) is 0 Å². The Kier molecular flexibility index (Phi) is 5.47. The normalized spacial score (nSPS) is 20.8. The Morgan fingerprint density at radius 1 is 1.08 bits per heavy atom. The van der Waals surface area contributed by atoms with E-state index < -0.39 is 0 Å². The molecule has 0 aliphatic carbocycles. The van der Waals surface area contributed by atoms with Crippen molar-refractivity contribution in [1.29, 1.82) is 0 Å². The van der Waals surface area contributed by atoms with Gasteiger partial charge in [-0.15, -0.1) is 9.24 Å². The molecule has 3 atom stereocenters. The molecule has 0 aliphatic rings. The molecule has 3 unspecified atom stereocenters. The Morgan fingerprint density at radius 3 is 1.92 bits per heavy atom. The van der Waals surface area contributed by atoms with Crippen molar-refractivity contribution < 1.29 is 0 Å². The van der Waals surface area contributed by atoms with Gasteiger partial charge in [0.05, 0.1) is 0 Å². The second-order valence-corrected chi connectivity index (χ2v) is 6.02. The van der Waals surface area contributed by atoms with E-state index in [9.17, 15) is 0 Å². The van der Waals surface area contributed by atoms with E-state index in [4.69, 9.17) is 0 Å². The number of hydrogen-bond donors (Lipinski definition) is 1. The standard InChI is InChI=1S/C11H26NP/c1-6-10(4,12-8-3)9-11(5,13)7-2/h12H,6-9,13H2,1-5H3. The molecule has 0 aliphatic heterocycles.